The van der Waals surface area contributed by atoms with Crippen molar-refractivity contribution in [2.75, 3.05) is 5.32 Å². The molecule has 1 aromatic rings. The van der Waals surface area contributed by atoms with Crippen molar-refractivity contribution in [3.8, 4) is 0 Å². The number of pyridine rings is 1. The summed E-state index contributed by atoms with van der Waals surface area (Å²) >= 11 is 0. The summed E-state index contributed by atoms with van der Waals surface area (Å²) in [5.41, 5.74) is 0.562. The molecule has 0 radical (unpaired) electrons. The number of hydrogen-bond donors (Lipinski definition) is 2. The monoisotopic (exact) mass is 317 g/mol. The average Bonchev–Trinajstić information content (AvgIpc) is 2.48. The Bertz CT molecular complexity index is 526. The molecule has 1 aliphatic carbocycles. The van der Waals surface area contributed by atoms with Gasteiger partial charge >= 0.3 is 6.09 Å². The van der Waals surface area contributed by atoms with Crippen LogP contribution in [0.3, 0.4) is 0 Å². The van der Waals surface area contributed by atoms with E-state index < -0.39 is 5.60 Å². The van der Waals surface area contributed by atoms with Gasteiger partial charge in [-0.1, -0.05) is 12.7 Å². The van der Waals surface area contributed by atoms with Gasteiger partial charge in [-0.2, -0.15) is 0 Å². The summed E-state index contributed by atoms with van der Waals surface area (Å²) in [7, 11) is 0. The Morgan fingerprint density at radius 1 is 1.26 bits per heavy atom. The molecule has 1 aromatic heterocycles. The molecule has 126 valence electrons. The molecule has 0 aromatic carbocycles. The molecule has 1 heterocycles. The highest BCUT2D eigenvalue weighted by Crippen LogP contribution is 2.22. The van der Waals surface area contributed by atoms with Crippen molar-refractivity contribution in [1.82, 2.24) is 10.3 Å². The van der Waals surface area contributed by atoms with Crippen LogP contribution in [0, 0.1) is 0 Å². The number of nitrogens with zero attached hydrogens (tertiary/aromatic N) is 1. The Labute approximate surface area is 138 Å². The van der Waals surface area contributed by atoms with Crippen LogP contribution in [0.2, 0.25) is 0 Å². The number of aromatic nitrogens is 1. The number of amides is 1. The van der Waals surface area contributed by atoms with Crippen molar-refractivity contribution in [2.24, 2.45) is 0 Å². The third kappa shape index (κ3) is 5.93. The third-order valence-electron chi connectivity index (χ3n) is 3.82. The summed E-state index contributed by atoms with van der Waals surface area (Å²) in [5, 5.41) is 6.41. The Balaban J connectivity index is 1.75. The van der Waals surface area contributed by atoms with E-state index >= 15 is 0 Å². The maximum Gasteiger partial charge on any atom is 0.407 e. The molecule has 1 aliphatic rings. The second-order valence-corrected chi connectivity index (χ2v) is 7.02. The van der Waals surface area contributed by atoms with E-state index in [-0.39, 0.29) is 12.1 Å². The van der Waals surface area contributed by atoms with Crippen molar-refractivity contribution in [3.05, 3.63) is 30.5 Å². The molecular formula is C18H27N3O2. The molecule has 0 aliphatic heterocycles. The first kappa shape index (κ1) is 17.3. The Morgan fingerprint density at radius 3 is 2.43 bits per heavy atom. The highest BCUT2D eigenvalue weighted by molar-refractivity contribution is 5.68. The molecule has 0 spiro atoms. The molecule has 5 heteroatoms. The first-order valence-corrected chi connectivity index (χ1v) is 8.20. The van der Waals surface area contributed by atoms with Gasteiger partial charge in [-0.25, -0.2) is 9.78 Å². The van der Waals surface area contributed by atoms with Crippen molar-refractivity contribution in [2.45, 2.75) is 64.1 Å². The first-order valence-electron chi connectivity index (χ1n) is 8.20. The van der Waals surface area contributed by atoms with Crippen molar-refractivity contribution < 1.29 is 9.53 Å². The number of carbonyl (C=O) groups excluding carboxylic acids is 1. The topological polar surface area (TPSA) is 63.2 Å². The molecule has 1 amide bonds. The van der Waals surface area contributed by atoms with Crippen molar-refractivity contribution >= 4 is 18.0 Å². The van der Waals surface area contributed by atoms with E-state index in [1.807, 2.05) is 39.1 Å². The van der Waals surface area contributed by atoms with E-state index in [0.29, 0.717) is 6.04 Å². The molecule has 0 saturated heterocycles. The Kier molecular flexibility index (Phi) is 5.64. The number of carbonyl (C=O) groups is 1. The van der Waals surface area contributed by atoms with Gasteiger partial charge in [0.05, 0.1) is 0 Å². The number of alkyl carbamates (subject to hydrolysis) is 1. The lowest BCUT2D eigenvalue weighted by atomic mass is 9.91. The van der Waals surface area contributed by atoms with Gasteiger partial charge in [0.1, 0.15) is 11.4 Å². The van der Waals surface area contributed by atoms with Gasteiger partial charge in [-0.05, 0) is 64.2 Å². The number of rotatable bonds is 4. The predicted octanol–water partition coefficient (Wildman–Crippen LogP) is 3.97. The number of hydrogen-bond acceptors (Lipinski definition) is 4. The van der Waals surface area contributed by atoms with Crippen LogP contribution in [0.5, 0.6) is 0 Å². The van der Waals surface area contributed by atoms with Crippen molar-refractivity contribution in [3.63, 3.8) is 0 Å². The summed E-state index contributed by atoms with van der Waals surface area (Å²) < 4.78 is 5.30. The minimum absolute atomic E-state index is 0.194. The largest absolute Gasteiger partial charge is 0.444 e. The lowest BCUT2D eigenvalue weighted by molar-refractivity contribution is 0.0492. The summed E-state index contributed by atoms with van der Waals surface area (Å²) in [5.74, 6) is 0.888. The van der Waals surface area contributed by atoms with Gasteiger partial charge in [0.25, 0.3) is 0 Å². The standard InChI is InChI=1S/C18H27N3O2/c1-5-13-6-11-16(19-12-13)20-14-7-9-15(10-8-14)21-17(22)23-18(2,3)4/h5-6,11-12,14-15H,1,7-10H2,2-4H3,(H,19,20)(H,21,22). The lowest BCUT2D eigenvalue weighted by Crippen LogP contribution is -2.42. The van der Waals surface area contributed by atoms with Crippen LogP contribution in [0.15, 0.2) is 24.9 Å². The van der Waals surface area contributed by atoms with Gasteiger partial charge in [-0.3, -0.25) is 0 Å². The molecule has 0 unspecified atom stereocenters. The second-order valence-electron chi connectivity index (χ2n) is 7.02. The number of nitrogens with one attached hydrogen (secondary N) is 2. The van der Waals surface area contributed by atoms with Crippen LogP contribution < -0.4 is 10.6 Å². The van der Waals surface area contributed by atoms with Gasteiger partial charge in [0.15, 0.2) is 0 Å². The van der Waals surface area contributed by atoms with Crippen molar-refractivity contribution in [1.29, 1.82) is 0 Å². The number of ether oxygens (including phenoxy) is 1. The zero-order valence-electron chi connectivity index (χ0n) is 14.3. The summed E-state index contributed by atoms with van der Waals surface area (Å²) in [6.45, 7) is 9.34. The molecule has 2 N–H and O–H groups in total. The summed E-state index contributed by atoms with van der Waals surface area (Å²) in [6, 6.07) is 4.56. The predicted molar refractivity (Wildman–Crippen MR) is 93.4 cm³/mol. The third-order valence-corrected chi connectivity index (χ3v) is 3.82. The second kappa shape index (κ2) is 7.49. The van der Waals surface area contributed by atoms with E-state index in [0.717, 1.165) is 37.1 Å². The summed E-state index contributed by atoms with van der Waals surface area (Å²) in [4.78, 5) is 16.2. The molecule has 23 heavy (non-hydrogen) atoms. The Morgan fingerprint density at radius 2 is 1.91 bits per heavy atom. The maximum absolute atomic E-state index is 11.8. The fourth-order valence-electron chi connectivity index (χ4n) is 2.68. The molecule has 5 nitrogen and oxygen atoms in total. The summed E-state index contributed by atoms with van der Waals surface area (Å²) in [6.07, 6.45) is 7.17. The highest BCUT2D eigenvalue weighted by atomic mass is 16.6. The van der Waals surface area contributed by atoms with E-state index in [9.17, 15) is 4.79 Å². The number of anilines is 1. The van der Waals surface area contributed by atoms with Gasteiger partial charge in [0, 0.05) is 18.3 Å². The van der Waals surface area contributed by atoms with Gasteiger partial charge < -0.3 is 15.4 Å². The van der Waals surface area contributed by atoms with E-state index in [2.05, 4.69) is 22.2 Å². The van der Waals surface area contributed by atoms with Crippen LogP contribution in [-0.4, -0.2) is 28.8 Å². The van der Waals surface area contributed by atoms with Crippen LogP contribution >= 0.6 is 0 Å². The van der Waals surface area contributed by atoms with Crippen LogP contribution in [0.25, 0.3) is 6.08 Å². The zero-order valence-corrected chi connectivity index (χ0v) is 14.3. The van der Waals surface area contributed by atoms with E-state index in [1.54, 1.807) is 6.08 Å². The highest BCUT2D eigenvalue weighted by Gasteiger charge is 2.24. The minimum atomic E-state index is -0.452. The molecular weight excluding hydrogens is 290 g/mol. The fraction of sp³-hybridized carbons (Fsp3) is 0.556. The molecule has 1 fully saturated rings. The fourth-order valence-corrected chi connectivity index (χ4v) is 2.68. The lowest BCUT2D eigenvalue weighted by Gasteiger charge is -2.30. The normalized spacial score (nSPS) is 21.3. The van der Waals surface area contributed by atoms with Crippen LogP contribution in [0.1, 0.15) is 52.0 Å². The smallest absolute Gasteiger partial charge is 0.407 e. The zero-order chi connectivity index (χ0) is 16.9. The van der Waals surface area contributed by atoms with Gasteiger partial charge in [-0.15, -0.1) is 0 Å². The minimum Gasteiger partial charge on any atom is -0.444 e. The van der Waals surface area contributed by atoms with Crippen LogP contribution in [0.4, 0.5) is 10.6 Å². The quantitative estimate of drug-likeness (QED) is 0.882. The SMILES string of the molecule is C=Cc1ccc(NC2CCC(NC(=O)OC(C)(C)C)CC2)nc1. The Hall–Kier alpha value is -2.04. The van der Waals surface area contributed by atoms with Gasteiger partial charge in [0.2, 0.25) is 0 Å². The molecule has 0 atom stereocenters. The molecule has 1 saturated carbocycles. The van der Waals surface area contributed by atoms with Crippen LogP contribution in [-0.2, 0) is 4.74 Å². The molecule has 0 bridgehead atoms. The first-order chi connectivity index (χ1) is 10.9. The van der Waals surface area contributed by atoms with E-state index in [4.69, 9.17) is 4.74 Å². The van der Waals surface area contributed by atoms with E-state index in [1.165, 1.54) is 0 Å². The average molecular weight is 317 g/mol. The maximum atomic E-state index is 11.8. The molecule has 2 rings (SSSR count).